The predicted octanol–water partition coefficient (Wildman–Crippen LogP) is 2.47. The van der Waals surface area contributed by atoms with Crippen LogP contribution in [0.25, 0.3) is 0 Å². The zero-order valence-corrected chi connectivity index (χ0v) is 8.96. The molecule has 80 valence electrons. The lowest BCUT2D eigenvalue weighted by Crippen LogP contribution is -2.19. The van der Waals surface area contributed by atoms with Crippen LogP contribution in [0.15, 0.2) is 18.2 Å². The van der Waals surface area contributed by atoms with E-state index >= 15 is 0 Å². The van der Waals surface area contributed by atoms with E-state index < -0.39 is 0 Å². The summed E-state index contributed by atoms with van der Waals surface area (Å²) < 4.78 is 5.91. The van der Waals surface area contributed by atoms with E-state index in [-0.39, 0.29) is 0 Å². The third-order valence-corrected chi connectivity index (χ3v) is 3.55. The molecule has 0 radical (unpaired) electrons. The molecule has 2 aliphatic rings. The number of nitrogens with one attached hydrogen (secondary N) is 1. The van der Waals surface area contributed by atoms with E-state index in [1.54, 1.807) is 0 Å². The number of rotatable bonds is 3. The van der Waals surface area contributed by atoms with Gasteiger partial charge < -0.3 is 10.1 Å². The van der Waals surface area contributed by atoms with Crippen molar-refractivity contribution in [1.82, 2.24) is 5.32 Å². The van der Waals surface area contributed by atoms with Crippen LogP contribution < -0.4 is 10.1 Å². The van der Waals surface area contributed by atoms with Crippen molar-refractivity contribution in [2.24, 2.45) is 5.92 Å². The lowest BCUT2D eigenvalue weighted by molar-refractivity contribution is 0.179. The summed E-state index contributed by atoms with van der Waals surface area (Å²) in [5.74, 6) is 1.92. The van der Waals surface area contributed by atoms with Crippen LogP contribution in [-0.4, -0.2) is 6.61 Å². The molecule has 1 aliphatic heterocycles. The zero-order chi connectivity index (χ0) is 10.1. The SMILES string of the molecule is c1cc2c(c(OCC3CCC3)c1)CNC2. The summed E-state index contributed by atoms with van der Waals surface area (Å²) in [6, 6.07) is 6.39. The van der Waals surface area contributed by atoms with Crippen LogP contribution in [0.2, 0.25) is 0 Å². The van der Waals surface area contributed by atoms with Gasteiger partial charge in [-0.3, -0.25) is 0 Å². The van der Waals surface area contributed by atoms with E-state index in [9.17, 15) is 0 Å². The maximum atomic E-state index is 5.91. The minimum atomic E-state index is 0.815. The van der Waals surface area contributed by atoms with Crippen LogP contribution in [-0.2, 0) is 13.1 Å². The monoisotopic (exact) mass is 203 g/mol. The van der Waals surface area contributed by atoms with Gasteiger partial charge in [-0.1, -0.05) is 18.6 Å². The molecule has 0 atom stereocenters. The highest BCUT2D eigenvalue weighted by atomic mass is 16.5. The van der Waals surface area contributed by atoms with Crippen molar-refractivity contribution in [1.29, 1.82) is 0 Å². The second-order valence-corrected chi connectivity index (χ2v) is 4.61. The van der Waals surface area contributed by atoms with E-state index in [0.29, 0.717) is 0 Å². The molecule has 0 bridgehead atoms. The maximum absolute atomic E-state index is 5.91. The van der Waals surface area contributed by atoms with Gasteiger partial charge in [-0.05, 0) is 30.4 Å². The van der Waals surface area contributed by atoms with Crippen LogP contribution in [0.5, 0.6) is 5.75 Å². The highest BCUT2D eigenvalue weighted by Crippen LogP contribution is 2.30. The van der Waals surface area contributed by atoms with Crippen molar-refractivity contribution in [3.05, 3.63) is 29.3 Å². The quantitative estimate of drug-likeness (QED) is 0.814. The first-order chi connectivity index (χ1) is 7.43. The van der Waals surface area contributed by atoms with E-state index in [0.717, 1.165) is 31.4 Å². The number of fused-ring (bicyclic) bond motifs is 1. The third-order valence-electron chi connectivity index (χ3n) is 3.55. The molecule has 1 saturated carbocycles. The Morgan fingerprint density at radius 3 is 3.00 bits per heavy atom. The summed E-state index contributed by atoms with van der Waals surface area (Å²) in [4.78, 5) is 0. The van der Waals surface area contributed by atoms with Gasteiger partial charge in [0.25, 0.3) is 0 Å². The summed E-state index contributed by atoms with van der Waals surface area (Å²) >= 11 is 0. The minimum Gasteiger partial charge on any atom is -0.493 e. The third kappa shape index (κ3) is 1.74. The Kier molecular flexibility index (Phi) is 2.37. The lowest BCUT2D eigenvalue weighted by Gasteiger charge is -2.25. The van der Waals surface area contributed by atoms with Gasteiger partial charge in [0.15, 0.2) is 0 Å². The fourth-order valence-corrected chi connectivity index (χ4v) is 2.30. The summed E-state index contributed by atoms with van der Waals surface area (Å²) in [5, 5.41) is 3.36. The van der Waals surface area contributed by atoms with Gasteiger partial charge in [0.05, 0.1) is 6.61 Å². The Morgan fingerprint density at radius 2 is 2.20 bits per heavy atom. The molecule has 0 spiro atoms. The molecule has 1 fully saturated rings. The summed E-state index contributed by atoms with van der Waals surface area (Å²) in [5.41, 5.74) is 2.78. The zero-order valence-electron chi connectivity index (χ0n) is 8.96. The Balaban J connectivity index is 1.71. The molecule has 0 amide bonds. The Labute approximate surface area is 90.6 Å². The topological polar surface area (TPSA) is 21.3 Å². The first-order valence-electron chi connectivity index (χ1n) is 5.88. The average Bonchev–Trinajstić information content (AvgIpc) is 2.63. The Morgan fingerprint density at radius 1 is 1.27 bits per heavy atom. The lowest BCUT2D eigenvalue weighted by atomic mass is 9.86. The van der Waals surface area contributed by atoms with Crippen molar-refractivity contribution in [2.75, 3.05) is 6.61 Å². The summed E-state index contributed by atoms with van der Waals surface area (Å²) in [6.45, 7) is 2.88. The highest BCUT2D eigenvalue weighted by molar-refractivity contribution is 5.42. The van der Waals surface area contributed by atoms with Crippen molar-refractivity contribution in [3.8, 4) is 5.75 Å². The molecule has 0 aromatic heterocycles. The Bertz CT molecular complexity index is 358. The molecular weight excluding hydrogens is 186 g/mol. The number of ether oxygens (including phenoxy) is 1. The first-order valence-corrected chi connectivity index (χ1v) is 5.88. The molecule has 1 aromatic rings. The van der Waals surface area contributed by atoms with Gasteiger partial charge in [0.1, 0.15) is 5.75 Å². The van der Waals surface area contributed by atoms with Crippen molar-refractivity contribution in [2.45, 2.75) is 32.4 Å². The smallest absolute Gasteiger partial charge is 0.124 e. The summed E-state index contributed by atoms with van der Waals surface area (Å²) in [7, 11) is 0. The molecular formula is C13H17NO. The predicted molar refractivity (Wildman–Crippen MR) is 59.8 cm³/mol. The van der Waals surface area contributed by atoms with E-state index in [2.05, 4.69) is 23.5 Å². The number of hydrogen-bond donors (Lipinski definition) is 1. The van der Waals surface area contributed by atoms with Gasteiger partial charge in [0.2, 0.25) is 0 Å². The van der Waals surface area contributed by atoms with Crippen LogP contribution in [0, 0.1) is 5.92 Å². The minimum absolute atomic E-state index is 0.815. The average molecular weight is 203 g/mol. The van der Waals surface area contributed by atoms with Gasteiger partial charge >= 0.3 is 0 Å². The van der Waals surface area contributed by atoms with Crippen molar-refractivity contribution >= 4 is 0 Å². The van der Waals surface area contributed by atoms with Crippen molar-refractivity contribution < 1.29 is 4.74 Å². The van der Waals surface area contributed by atoms with E-state index in [1.807, 2.05) is 0 Å². The second-order valence-electron chi connectivity index (χ2n) is 4.61. The molecule has 1 aliphatic carbocycles. The van der Waals surface area contributed by atoms with Crippen LogP contribution in [0.3, 0.4) is 0 Å². The maximum Gasteiger partial charge on any atom is 0.124 e. The molecule has 0 saturated heterocycles. The molecule has 1 aromatic carbocycles. The first kappa shape index (κ1) is 9.22. The van der Waals surface area contributed by atoms with E-state index in [1.165, 1.54) is 30.4 Å². The van der Waals surface area contributed by atoms with Crippen molar-refractivity contribution in [3.63, 3.8) is 0 Å². The van der Waals surface area contributed by atoms with Crippen LogP contribution in [0.4, 0.5) is 0 Å². The number of hydrogen-bond acceptors (Lipinski definition) is 2. The fraction of sp³-hybridized carbons (Fsp3) is 0.538. The van der Waals surface area contributed by atoms with Crippen LogP contribution in [0.1, 0.15) is 30.4 Å². The largest absolute Gasteiger partial charge is 0.493 e. The highest BCUT2D eigenvalue weighted by Gasteiger charge is 2.20. The van der Waals surface area contributed by atoms with Gasteiger partial charge in [0, 0.05) is 18.7 Å². The fourth-order valence-electron chi connectivity index (χ4n) is 2.30. The molecule has 1 N–H and O–H groups in total. The van der Waals surface area contributed by atoms with Gasteiger partial charge in [-0.2, -0.15) is 0 Å². The molecule has 2 heteroatoms. The molecule has 2 nitrogen and oxygen atoms in total. The van der Waals surface area contributed by atoms with Gasteiger partial charge in [-0.25, -0.2) is 0 Å². The molecule has 1 heterocycles. The van der Waals surface area contributed by atoms with E-state index in [4.69, 9.17) is 4.74 Å². The normalized spacial score (nSPS) is 19.7. The summed E-state index contributed by atoms with van der Waals surface area (Å²) in [6.07, 6.45) is 4.10. The van der Waals surface area contributed by atoms with Gasteiger partial charge in [-0.15, -0.1) is 0 Å². The molecule has 3 rings (SSSR count). The van der Waals surface area contributed by atoms with Crippen LogP contribution >= 0.6 is 0 Å². The Hall–Kier alpha value is -1.02. The standard InChI is InChI=1S/C13H17NO/c1-3-10(4-1)9-15-13-6-2-5-11-7-14-8-12(11)13/h2,5-6,10,14H,1,3-4,7-9H2. The number of benzene rings is 1. The second kappa shape index (κ2) is 3.86. The molecule has 15 heavy (non-hydrogen) atoms. The molecule has 0 unspecified atom stereocenters.